The molecule has 0 saturated carbocycles. The zero-order chi connectivity index (χ0) is 22.3. The van der Waals surface area contributed by atoms with Crippen molar-refractivity contribution in [2.45, 2.75) is 31.5 Å². The van der Waals surface area contributed by atoms with Crippen molar-refractivity contribution in [3.63, 3.8) is 0 Å². The van der Waals surface area contributed by atoms with Crippen LogP contribution in [-0.2, 0) is 19.6 Å². The van der Waals surface area contributed by atoms with Gasteiger partial charge in [0.1, 0.15) is 11.4 Å². The third-order valence-electron chi connectivity index (χ3n) is 5.04. The van der Waals surface area contributed by atoms with Crippen LogP contribution in [0.2, 0.25) is 0 Å². The Morgan fingerprint density at radius 2 is 2.03 bits per heavy atom. The molecule has 1 amide bonds. The number of amides is 1. The number of nitrogens with zero attached hydrogens (tertiary/aromatic N) is 5. The number of hydrogen-bond acceptors (Lipinski definition) is 5. The van der Waals surface area contributed by atoms with Gasteiger partial charge >= 0.3 is 12.1 Å². The summed E-state index contributed by atoms with van der Waals surface area (Å²) < 4.78 is 41.1. The van der Waals surface area contributed by atoms with E-state index in [9.17, 15) is 22.8 Å². The lowest BCUT2D eigenvalue weighted by atomic mass is 9.93. The zero-order valence-electron chi connectivity index (χ0n) is 16.2. The molecule has 0 aromatic carbocycles. The third-order valence-corrected chi connectivity index (χ3v) is 5.04. The standard InChI is InChI=1S/C19H17F3N6O3/c1-27-15(8-16(26-27)19(20,21)22)17(29)24-12-3-2-4-13-11(12)9-28(25-13)10-5-6-23-14(7-10)18(30)31/h5-9,12H,2-4H2,1H3,(H,24,29)(H,30,31). The predicted octanol–water partition coefficient (Wildman–Crippen LogP) is 2.53. The molecule has 0 bridgehead atoms. The molecule has 3 aromatic heterocycles. The third kappa shape index (κ3) is 4.00. The second-order valence-electron chi connectivity index (χ2n) is 7.13. The number of aryl methyl sites for hydroxylation is 2. The van der Waals surface area contributed by atoms with Crippen LogP contribution in [0.1, 0.15) is 56.8 Å². The average Bonchev–Trinajstić information content (AvgIpc) is 3.32. The van der Waals surface area contributed by atoms with Crippen molar-refractivity contribution in [2.24, 2.45) is 7.05 Å². The Morgan fingerprint density at radius 1 is 1.26 bits per heavy atom. The highest BCUT2D eigenvalue weighted by molar-refractivity contribution is 5.93. The van der Waals surface area contributed by atoms with Crippen LogP contribution in [0.5, 0.6) is 0 Å². The second-order valence-corrected chi connectivity index (χ2v) is 7.13. The molecule has 9 nitrogen and oxygen atoms in total. The molecule has 31 heavy (non-hydrogen) atoms. The van der Waals surface area contributed by atoms with Gasteiger partial charge in [0.05, 0.1) is 17.4 Å². The average molecular weight is 434 g/mol. The van der Waals surface area contributed by atoms with E-state index in [2.05, 4.69) is 20.5 Å². The number of halogens is 3. The van der Waals surface area contributed by atoms with E-state index in [0.717, 1.165) is 22.4 Å². The van der Waals surface area contributed by atoms with Crippen molar-refractivity contribution >= 4 is 11.9 Å². The molecule has 1 aliphatic rings. The molecule has 3 heterocycles. The van der Waals surface area contributed by atoms with Gasteiger partial charge in [-0.3, -0.25) is 9.48 Å². The number of alkyl halides is 3. The van der Waals surface area contributed by atoms with Crippen molar-refractivity contribution in [2.75, 3.05) is 0 Å². The monoisotopic (exact) mass is 434 g/mol. The summed E-state index contributed by atoms with van der Waals surface area (Å²) in [6.07, 6.45) is 0.379. The lowest BCUT2D eigenvalue weighted by Gasteiger charge is -2.22. The number of rotatable bonds is 4. The van der Waals surface area contributed by atoms with E-state index in [4.69, 9.17) is 5.11 Å². The summed E-state index contributed by atoms with van der Waals surface area (Å²) in [6.45, 7) is 0. The van der Waals surface area contributed by atoms with E-state index in [1.165, 1.54) is 24.0 Å². The number of fused-ring (bicyclic) bond motifs is 1. The van der Waals surface area contributed by atoms with Gasteiger partial charge in [-0.15, -0.1) is 0 Å². The number of pyridine rings is 1. The number of carboxylic acid groups (broad SMARTS) is 1. The Labute approximate surface area is 173 Å². The van der Waals surface area contributed by atoms with Gasteiger partial charge < -0.3 is 10.4 Å². The number of carbonyl (C=O) groups excluding carboxylic acids is 1. The van der Waals surface area contributed by atoms with Crippen LogP contribution in [0.3, 0.4) is 0 Å². The van der Waals surface area contributed by atoms with E-state index in [-0.39, 0.29) is 11.4 Å². The smallest absolute Gasteiger partial charge is 0.435 e. The molecule has 1 atom stereocenters. The quantitative estimate of drug-likeness (QED) is 0.652. The number of carbonyl (C=O) groups is 2. The fraction of sp³-hybridized carbons (Fsp3) is 0.316. The first-order chi connectivity index (χ1) is 14.6. The minimum atomic E-state index is -4.64. The Balaban J connectivity index is 1.59. The SMILES string of the molecule is Cn1nc(C(F)(F)F)cc1C(=O)NC1CCCc2nn(-c3ccnc(C(=O)O)c3)cc21. The van der Waals surface area contributed by atoms with Crippen LogP contribution in [-0.4, -0.2) is 41.5 Å². The molecule has 2 N–H and O–H groups in total. The van der Waals surface area contributed by atoms with Crippen molar-refractivity contribution in [3.05, 3.63) is 58.9 Å². The van der Waals surface area contributed by atoms with E-state index in [0.29, 0.717) is 24.6 Å². The van der Waals surface area contributed by atoms with E-state index >= 15 is 0 Å². The van der Waals surface area contributed by atoms with Gasteiger partial charge in [0.15, 0.2) is 5.69 Å². The summed E-state index contributed by atoms with van der Waals surface area (Å²) in [5.74, 6) is -1.84. The van der Waals surface area contributed by atoms with Gasteiger partial charge in [-0.05, 0) is 31.4 Å². The number of hydrogen-bond donors (Lipinski definition) is 2. The molecule has 0 aliphatic heterocycles. The molecule has 12 heteroatoms. The molecule has 0 fully saturated rings. The summed E-state index contributed by atoms with van der Waals surface area (Å²) in [5.41, 5.74) is 0.481. The second kappa shape index (κ2) is 7.52. The van der Waals surface area contributed by atoms with Crippen molar-refractivity contribution < 1.29 is 27.9 Å². The molecule has 0 spiro atoms. The summed E-state index contributed by atoms with van der Waals surface area (Å²) in [4.78, 5) is 27.6. The van der Waals surface area contributed by atoms with Gasteiger partial charge in [0.2, 0.25) is 0 Å². The van der Waals surface area contributed by atoms with Gasteiger partial charge in [-0.1, -0.05) is 0 Å². The van der Waals surface area contributed by atoms with Gasteiger partial charge in [0, 0.05) is 31.1 Å². The Hall–Kier alpha value is -3.70. The molecule has 0 saturated heterocycles. The number of carboxylic acids is 1. The lowest BCUT2D eigenvalue weighted by Crippen LogP contribution is -2.31. The Bertz CT molecular complexity index is 1170. The maximum Gasteiger partial charge on any atom is 0.435 e. The minimum Gasteiger partial charge on any atom is -0.477 e. The minimum absolute atomic E-state index is 0.132. The molecule has 1 aliphatic carbocycles. The van der Waals surface area contributed by atoms with E-state index in [1.807, 2.05) is 0 Å². The summed E-state index contributed by atoms with van der Waals surface area (Å²) >= 11 is 0. The summed E-state index contributed by atoms with van der Waals surface area (Å²) in [6, 6.07) is 3.25. The van der Waals surface area contributed by atoms with E-state index < -0.39 is 29.8 Å². The lowest BCUT2D eigenvalue weighted by molar-refractivity contribution is -0.141. The van der Waals surface area contributed by atoms with Crippen LogP contribution < -0.4 is 5.32 Å². The van der Waals surface area contributed by atoms with Crippen molar-refractivity contribution in [1.82, 2.24) is 29.9 Å². The molecule has 162 valence electrons. The maximum atomic E-state index is 12.9. The zero-order valence-corrected chi connectivity index (χ0v) is 16.2. The number of aromatic nitrogens is 5. The molecule has 3 aromatic rings. The molecular weight excluding hydrogens is 417 g/mol. The van der Waals surface area contributed by atoms with Crippen LogP contribution in [0.25, 0.3) is 5.69 Å². The van der Waals surface area contributed by atoms with Crippen LogP contribution in [0.4, 0.5) is 13.2 Å². The van der Waals surface area contributed by atoms with Crippen LogP contribution >= 0.6 is 0 Å². The Kier molecular flexibility index (Phi) is 4.99. The molecule has 0 radical (unpaired) electrons. The topological polar surface area (TPSA) is 115 Å². The first-order valence-corrected chi connectivity index (χ1v) is 9.33. The largest absolute Gasteiger partial charge is 0.477 e. The normalized spacial score (nSPS) is 16.1. The fourth-order valence-corrected chi connectivity index (χ4v) is 3.55. The van der Waals surface area contributed by atoms with Crippen molar-refractivity contribution in [3.8, 4) is 5.69 Å². The maximum absolute atomic E-state index is 12.9. The summed E-state index contributed by atoms with van der Waals surface area (Å²) in [7, 11) is 1.28. The highest BCUT2D eigenvalue weighted by atomic mass is 19.4. The number of nitrogens with one attached hydrogen (secondary N) is 1. The molecule has 4 rings (SSSR count). The highest BCUT2D eigenvalue weighted by Gasteiger charge is 2.36. The molecular formula is C19H17F3N6O3. The van der Waals surface area contributed by atoms with Crippen LogP contribution in [0, 0.1) is 0 Å². The van der Waals surface area contributed by atoms with Gasteiger partial charge in [-0.2, -0.15) is 23.4 Å². The first kappa shape index (κ1) is 20.6. The fourth-order valence-electron chi connectivity index (χ4n) is 3.55. The summed E-state index contributed by atoms with van der Waals surface area (Å²) in [5, 5.41) is 19.7. The van der Waals surface area contributed by atoms with Gasteiger partial charge in [0.25, 0.3) is 5.91 Å². The van der Waals surface area contributed by atoms with Crippen LogP contribution in [0.15, 0.2) is 30.6 Å². The first-order valence-electron chi connectivity index (χ1n) is 9.33. The van der Waals surface area contributed by atoms with Crippen molar-refractivity contribution in [1.29, 1.82) is 0 Å². The Morgan fingerprint density at radius 3 is 2.71 bits per heavy atom. The molecule has 1 unspecified atom stereocenters. The van der Waals surface area contributed by atoms with Gasteiger partial charge in [-0.25, -0.2) is 14.5 Å². The highest BCUT2D eigenvalue weighted by Crippen LogP contribution is 2.31. The predicted molar refractivity (Wildman–Crippen MR) is 99.7 cm³/mol. The van der Waals surface area contributed by atoms with E-state index in [1.54, 1.807) is 12.3 Å². The number of aromatic carboxylic acids is 1.